The molecule has 28 heavy (non-hydrogen) atoms. The molecule has 0 radical (unpaired) electrons. The minimum atomic E-state index is -4.59. The molecule has 6 nitrogen and oxygen atoms in total. The van der Waals surface area contributed by atoms with Gasteiger partial charge in [0.1, 0.15) is 12.0 Å². The highest BCUT2D eigenvalue weighted by molar-refractivity contribution is 6.30. The van der Waals surface area contributed by atoms with E-state index in [0.717, 1.165) is 6.07 Å². The fraction of sp³-hybridized carbons (Fsp3) is 0.111. The molecule has 4 rings (SSSR count). The molecule has 0 aliphatic heterocycles. The van der Waals surface area contributed by atoms with Crippen LogP contribution < -0.4 is 5.73 Å². The zero-order chi connectivity index (χ0) is 20.1. The average molecular weight is 405 g/mol. The van der Waals surface area contributed by atoms with Gasteiger partial charge in [0.15, 0.2) is 5.65 Å². The number of nitrogens with two attached hydrogens (primary N) is 1. The van der Waals surface area contributed by atoms with Crippen molar-refractivity contribution in [3.05, 3.63) is 59.1 Å². The quantitative estimate of drug-likeness (QED) is 0.535. The maximum Gasteiger partial charge on any atom is 0.433 e. The van der Waals surface area contributed by atoms with Crippen molar-refractivity contribution >= 4 is 23.2 Å². The summed E-state index contributed by atoms with van der Waals surface area (Å²) < 4.78 is 41.2. The number of benzene rings is 1. The molecule has 4 aromatic rings. The van der Waals surface area contributed by atoms with Gasteiger partial charge in [-0.05, 0) is 36.8 Å². The Bertz CT molecular complexity index is 1180. The van der Waals surface area contributed by atoms with E-state index >= 15 is 0 Å². The molecule has 3 heterocycles. The summed E-state index contributed by atoms with van der Waals surface area (Å²) in [6.07, 6.45) is -3.33. The number of rotatable bonds is 2. The van der Waals surface area contributed by atoms with Gasteiger partial charge in [-0.15, -0.1) is 0 Å². The number of fused-ring (bicyclic) bond motifs is 1. The van der Waals surface area contributed by atoms with Gasteiger partial charge in [0.25, 0.3) is 0 Å². The molecule has 0 fully saturated rings. The van der Waals surface area contributed by atoms with Gasteiger partial charge in [-0.25, -0.2) is 15.0 Å². The summed E-state index contributed by atoms with van der Waals surface area (Å²) in [5.74, 6) is 0.0584. The fourth-order valence-corrected chi connectivity index (χ4v) is 3.07. The molecule has 0 saturated carbocycles. The highest BCUT2D eigenvalue weighted by Crippen LogP contribution is 2.37. The van der Waals surface area contributed by atoms with Crippen LogP contribution >= 0.6 is 11.6 Å². The maximum absolute atomic E-state index is 13.3. The predicted molar refractivity (Wildman–Crippen MR) is 98.6 cm³/mol. The van der Waals surface area contributed by atoms with Crippen LogP contribution in [0.5, 0.6) is 0 Å². The number of hydrogen-bond acceptors (Lipinski definition) is 5. The number of halogens is 4. The van der Waals surface area contributed by atoms with Crippen molar-refractivity contribution in [1.29, 1.82) is 0 Å². The summed E-state index contributed by atoms with van der Waals surface area (Å²) in [7, 11) is 0. The molecule has 3 aromatic heterocycles. The van der Waals surface area contributed by atoms with Gasteiger partial charge in [0.05, 0.1) is 11.3 Å². The Balaban J connectivity index is 2.07. The lowest BCUT2D eigenvalue weighted by molar-refractivity contribution is -0.141. The number of aryl methyl sites for hydroxylation is 1. The highest BCUT2D eigenvalue weighted by atomic mass is 35.5. The Labute approximate surface area is 161 Å². The van der Waals surface area contributed by atoms with Crippen molar-refractivity contribution in [3.63, 3.8) is 0 Å². The Kier molecular flexibility index (Phi) is 4.19. The van der Waals surface area contributed by atoms with E-state index in [9.17, 15) is 13.2 Å². The van der Waals surface area contributed by atoms with Crippen LogP contribution in [0.1, 0.15) is 11.4 Å². The third kappa shape index (κ3) is 3.13. The van der Waals surface area contributed by atoms with Gasteiger partial charge in [-0.3, -0.25) is 0 Å². The van der Waals surface area contributed by atoms with Crippen LogP contribution in [0.3, 0.4) is 0 Å². The first-order chi connectivity index (χ1) is 13.2. The number of nitrogen functional groups attached to an aromatic ring is 1. The molecular formula is C18H12ClF3N6. The summed E-state index contributed by atoms with van der Waals surface area (Å²) in [6.45, 7) is 1.49. The lowest BCUT2D eigenvalue weighted by atomic mass is 9.99. The Morgan fingerprint density at radius 2 is 1.75 bits per heavy atom. The molecule has 0 aliphatic carbocycles. The fourth-order valence-electron chi connectivity index (χ4n) is 2.94. The minimum absolute atomic E-state index is 0.0584. The second-order valence-electron chi connectivity index (χ2n) is 6.08. The molecule has 0 unspecified atom stereocenters. The SMILES string of the molecule is Cc1cc(-c2c(-c3ccc(Cl)cc3)nc(N)n3ncnc23)cc(C(F)(F)F)n1. The van der Waals surface area contributed by atoms with Crippen LogP contribution in [0.25, 0.3) is 28.0 Å². The van der Waals surface area contributed by atoms with Gasteiger partial charge >= 0.3 is 6.18 Å². The van der Waals surface area contributed by atoms with Crippen molar-refractivity contribution in [2.45, 2.75) is 13.1 Å². The van der Waals surface area contributed by atoms with Crippen LogP contribution in [0, 0.1) is 6.92 Å². The molecule has 0 spiro atoms. The summed E-state index contributed by atoms with van der Waals surface area (Å²) >= 11 is 5.95. The molecule has 0 aliphatic rings. The molecule has 1 aromatic carbocycles. The topological polar surface area (TPSA) is 82.0 Å². The van der Waals surface area contributed by atoms with Gasteiger partial charge in [0, 0.05) is 16.3 Å². The summed E-state index contributed by atoms with van der Waals surface area (Å²) in [4.78, 5) is 12.1. The molecule has 2 N–H and O–H groups in total. The first-order valence-electron chi connectivity index (χ1n) is 8.05. The highest BCUT2D eigenvalue weighted by Gasteiger charge is 2.33. The van der Waals surface area contributed by atoms with Crippen LogP contribution in [-0.4, -0.2) is 24.6 Å². The molecule has 0 atom stereocenters. The lowest BCUT2D eigenvalue weighted by Crippen LogP contribution is -2.10. The Hall–Kier alpha value is -3.20. The minimum Gasteiger partial charge on any atom is -0.368 e. The monoisotopic (exact) mass is 404 g/mol. The number of anilines is 1. The van der Waals surface area contributed by atoms with Gasteiger partial charge < -0.3 is 5.73 Å². The maximum atomic E-state index is 13.3. The van der Waals surface area contributed by atoms with Crippen molar-refractivity contribution in [1.82, 2.24) is 24.6 Å². The Morgan fingerprint density at radius 3 is 2.43 bits per heavy atom. The van der Waals surface area contributed by atoms with Crippen LogP contribution in [0.15, 0.2) is 42.7 Å². The third-order valence-electron chi connectivity index (χ3n) is 4.10. The zero-order valence-electron chi connectivity index (χ0n) is 14.4. The number of pyridine rings is 1. The zero-order valence-corrected chi connectivity index (χ0v) is 15.1. The smallest absolute Gasteiger partial charge is 0.368 e. The average Bonchev–Trinajstić information content (AvgIpc) is 3.11. The summed E-state index contributed by atoms with van der Waals surface area (Å²) in [6, 6.07) is 9.24. The van der Waals surface area contributed by atoms with E-state index in [2.05, 4.69) is 20.1 Å². The van der Waals surface area contributed by atoms with Gasteiger partial charge in [0.2, 0.25) is 5.95 Å². The predicted octanol–water partition coefficient (Wildman–Crippen LogP) is 4.42. The standard InChI is InChI=1S/C18H12ClF3N6/c1-9-6-11(7-13(26-9)18(20,21)22)14-15(10-2-4-12(19)5-3-10)27-17(23)28-16(14)24-8-25-28/h2-8H,1H3,(H2,23,27). The molecule has 0 saturated heterocycles. The van der Waals surface area contributed by atoms with Crippen LogP contribution in [0.2, 0.25) is 5.02 Å². The normalized spacial score (nSPS) is 11.9. The van der Waals surface area contributed by atoms with E-state index in [1.807, 2.05) is 0 Å². The van der Waals surface area contributed by atoms with Crippen LogP contribution in [0.4, 0.5) is 19.1 Å². The summed E-state index contributed by atoms with van der Waals surface area (Å²) in [5, 5.41) is 4.52. The van der Waals surface area contributed by atoms with Gasteiger partial charge in [-0.2, -0.15) is 22.8 Å². The lowest BCUT2D eigenvalue weighted by Gasteiger charge is -2.14. The molecule has 0 amide bonds. The third-order valence-corrected chi connectivity index (χ3v) is 4.35. The van der Waals surface area contributed by atoms with Crippen molar-refractivity contribution < 1.29 is 13.2 Å². The van der Waals surface area contributed by atoms with E-state index in [1.165, 1.54) is 23.8 Å². The van der Waals surface area contributed by atoms with E-state index in [1.54, 1.807) is 24.3 Å². The second-order valence-corrected chi connectivity index (χ2v) is 6.51. The van der Waals surface area contributed by atoms with Crippen LogP contribution in [-0.2, 0) is 6.18 Å². The molecule has 0 bridgehead atoms. The van der Waals surface area contributed by atoms with Gasteiger partial charge in [-0.1, -0.05) is 23.7 Å². The van der Waals surface area contributed by atoms with E-state index in [-0.39, 0.29) is 22.9 Å². The van der Waals surface area contributed by atoms with Crippen molar-refractivity contribution in [3.8, 4) is 22.4 Å². The van der Waals surface area contributed by atoms with E-state index in [0.29, 0.717) is 21.8 Å². The first-order valence-corrected chi connectivity index (χ1v) is 8.43. The molecule has 142 valence electrons. The molecular weight excluding hydrogens is 393 g/mol. The molecule has 10 heteroatoms. The van der Waals surface area contributed by atoms with Crippen molar-refractivity contribution in [2.24, 2.45) is 0 Å². The van der Waals surface area contributed by atoms with E-state index in [4.69, 9.17) is 17.3 Å². The second kappa shape index (κ2) is 6.45. The Morgan fingerprint density at radius 1 is 1.04 bits per heavy atom. The van der Waals surface area contributed by atoms with E-state index < -0.39 is 11.9 Å². The summed E-state index contributed by atoms with van der Waals surface area (Å²) in [5.41, 5.74) is 7.09. The number of nitrogens with zero attached hydrogens (tertiary/aromatic N) is 5. The van der Waals surface area contributed by atoms with Crippen molar-refractivity contribution in [2.75, 3.05) is 5.73 Å². The largest absolute Gasteiger partial charge is 0.433 e. The number of alkyl halides is 3. The number of aromatic nitrogens is 5. The first kappa shape index (κ1) is 18.2. The number of hydrogen-bond donors (Lipinski definition) is 1.